The Morgan fingerprint density at radius 1 is 1.05 bits per heavy atom. The Balaban J connectivity index is 1.28. The number of hydrogen-bond donors (Lipinski definition) is 2. The van der Waals surface area contributed by atoms with Gasteiger partial charge in [0, 0.05) is 62.8 Å². The standard InChI is InChI=1S/C30H38ClN3O6S/c31-25-4-2-1-3-23(25)19-33-12-9-30(10-13-33)11-16-40-27-17-22(21-7-14-39-15-8-21)5-6-28(27)41(37,38)34-20-24(35)18-26(34)29(36)32-30/h1-6,17,21,24,26,35H,7-16,18-20H2,(H,32,36)/t24-,26+/m1/s1. The molecule has 0 saturated carbocycles. The third-order valence-electron chi connectivity index (χ3n) is 9.17. The zero-order valence-electron chi connectivity index (χ0n) is 23.1. The maximum Gasteiger partial charge on any atom is 0.247 e. The lowest BCUT2D eigenvalue weighted by Crippen LogP contribution is -2.59. The molecule has 4 heterocycles. The monoisotopic (exact) mass is 603 g/mol. The molecule has 9 nitrogen and oxygen atoms in total. The molecule has 4 aliphatic heterocycles. The summed E-state index contributed by atoms with van der Waals surface area (Å²) in [6.07, 6.45) is 2.84. The summed E-state index contributed by atoms with van der Waals surface area (Å²) in [5, 5.41) is 14.5. The largest absolute Gasteiger partial charge is 0.492 e. The topological polar surface area (TPSA) is 108 Å². The van der Waals surface area contributed by atoms with E-state index in [0.29, 0.717) is 38.2 Å². The highest BCUT2D eigenvalue weighted by atomic mass is 35.5. The van der Waals surface area contributed by atoms with Crippen molar-refractivity contribution < 1.29 is 27.8 Å². The molecule has 6 rings (SSSR count). The molecule has 3 fully saturated rings. The number of benzene rings is 2. The van der Waals surface area contributed by atoms with Gasteiger partial charge in [0.15, 0.2) is 0 Å². The van der Waals surface area contributed by atoms with Crippen LogP contribution < -0.4 is 10.1 Å². The van der Waals surface area contributed by atoms with Gasteiger partial charge in [0.25, 0.3) is 0 Å². The maximum atomic E-state index is 13.9. The number of nitrogens with one attached hydrogen (secondary N) is 1. The van der Waals surface area contributed by atoms with Gasteiger partial charge in [0.2, 0.25) is 15.9 Å². The third kappa shape index (κ3) is 6.00. The van der Waals surface area contributed by atoms with Crippen molar-refractivity contribution >= 4 is 27.5 Å². The Morgan fingerprint density at radius 2 is 1.80 bits per heavy atom. The Labute approximate surface area is 246 Å². The number of aliphatic hydroxyl groups is 1. The summed E-state index contributed by atoms with van der Waals surface area (Å²) in [6.45, 7) is 3.74. The van der Waals surface area contributed by atoms with E-state index in [0.717, 1.165) is 52.9 Å². The summed E-state index contributed by atoms with van der Waals surface area (Å²) in [5.41, 5.74) is 1.56. The first kappa shape index (κ1) is 28.9. The number of piperidine rings is 1. The second-order valence-corrected chi connectivity index (χ2v) is 14.1. The summed E-state index contributed by atoms with van der Waals surface area (Å²) >= 11 is 6.40. The predicted octanol–water partition coefficient (Wildman–Crippen LogP) is 3.29. The number of amides is 1. The molecule has 3 saturated heterocycles. The van der Waals surface area contributed by atoms with E-state index in [2.05, 4.69) is 10.2 Å². The van der Waals surface area contributed by atoms with Crippen LogP contribution in [-0.2, 0) is 26.1 Å². The van der Waals surface area contributed by atoms with Gasteiger partial charge in [0.1, 0.15) is 16.7 Å². The molecule has 2 aromatic carbocycles. The molecule has 0 bridgehead atoms. The van der Waals surface area contributed by atoms with E-state index in [1.807, 2.05) is 36.4 Å². The van der Waals surface area contributed by atoms with Gasteiger partial charge in [-0.25, -0.2) is 8.42 Å². The number of rotatable bonds is 3. The molecule has 2 N–H and O–H groups in total. The summed E-state index contributed by atoms with van der Waals surface area (Å²) in [4.78, 5) is 16.1. The summed E-state index contributed by atoms with van der Waals surface area (Å²) < 4.78 is 40.8. The average Bonchev–Trinajstić information content (AvgIpc) is 3.38. The number of carbonyl (C=O) groups is 1. The Bertz CT molecular complexity index is 1370. The molecule has 2 aromatic rings. The van der Waals surface area contributed by atoms with Gasteiger partial charge in [-0.15, -0.1) is 0 Å². The summed E-state index contributed by atoms with van der Waals surface area (Å²) in [6, 6.07) is 12.2. The molecule has 0 aromatic heterocycles. The molecule has 0 aliphatic carbocycles. The van der Waals surface area contributed by atoms with Crippen molar-refractivity contribution in [3.05, 3.63) is 58.6 Å². The molecule has 2 atom stereocenters. The van der Waals surface area contributed by atoms with Crippen molar-refractivity contribution in [2.75, 3.05) is 39.5 Å². The number of hydrogen-bond acceptors (Lipinski definition) is 7. The van der Waals surface area contributed by atoms with Gasteiger partial charge in [-0.1, -0.05) is 35.9 Å². The molecule has 41 heavy (non-hydrogen) atoms. The minimum atomic E-state index is -4.10. The fourth-order valence-electron chi connectivity index (χ4n) is 6.70. The zero-order valence-corrected chi connectivity index (χ0v) is 24.7. The van der Waals surface area contributed by atoms with Crippen LogP contribution >= 0.6 is 11.6 Å². The minimum Gasteiger partial charge on any atom is -0.492 e. The summed E-state index contributed by atoms with van der Waals surface area (Å²) in [5.74, 6) is 0.235. The zero-order chi connectivity index (χ0) is 28.6. The van der Waals surface area contributed by atoms with Gasteiger partial charge < -0.3 is 19.9 Å². The Morgan fingerprint density at radius 3 is 2.56 bits per heavy atom. The predicted molar refractivity (Wildman–Crippen MR) is 154 cm³/mol. The van der Waals surface area contributed by atoms with Crippen LogP contribution in [0.1, 0.15) is 55.6 Å². The molecular weight excluding hydrogens is 566 g/mol. The van der Waals surface area contributed by atoms with Crippen LogP contribution in [0.4, 0.5) is 0 Å². The minimum absolute atomic E-state index is 0.0470. The Kier molecular flexibility index (Phi) is 8.33. The van der Waals surface area contributed by atoms with Crippen molar-refractivity contribution in [1.82, 2.24) is 14.5 Å². The van der Waals surface area contributed by atoms with Crippen LogP contribution in [0.2, 0.25) is 5.02 Å². The lowest BCUT2D eigenvalue weighted by atomic mass is 9.84. The van der Waals surface area contributed by atoms with E-state index in [4.69, 9.17) is 21.1 Å². The number of likely N-dealkylation sites (tertiary alicyclic amines) is 1. The molecule has 4 aliphatic rings. The molecule has 1 spiro atoms. The van der Waals surface area contributed by atoms with E-state index >= 15 is 0 Å². The molecular formula is C30H38ClN3O6S. The first-order valence-corrected chi connectivity index (χ1v) is 16.4. The highest BCUT2D eigenvalue weighted by molar-refractivity contribution is 7.89. The van der Waals surface area contributed by atoms with Crippen LogP contribution in [-0.4, -0.2) is 85.8 Å². The van der Waals surface area contributed by atoms with E-state index in [-0.39, 0.29) is 36.3 Å². The second-order valence-electron chi connectivity index (χ2n) is 11.8. The lowest BCUT2D eigenvalue weighted by molar-refractivity contribution is -0.127. The van der Waals surface area contributed by atoms with E-state index < -0.39 is 27.7 Å². The molecule has 1 amide bonds. The van der Waals surface area contributed by atoms with Crippen molar-refractivity contribution in [3.63, 3.8) is 0 Å². The van der Waals surface area contributed by atoms with Crippen molar-refractivity contribution in [2.45, 2.75) is 73.6 Å². The van der Waals surface area contributed by atoms with Crippen LogP contribution in [0.5, 0.6) is 5.75 Å². The highest BCUT2D eigenvalue weighted by Crippen LogP contribution is 2.38. The van der Waals surface area contributed by atoms with Gasteiger partial charge in [-0.05, 0) is 60.9 Å². The molecule has 0 radical (unpaired) electrons. The molecule has 0 unspecified atom stereocenters. The quantitative estimate of drug-likeness (QED) is 0.554. The fraction of sp³-hybridized carbons (Fsp3) is 0.567. The summed E-state index contributed by atoms with van der Waals surface area (Å²) in [7, 11) is -4.10. The van der Waals surface area contributed by atoms with Gasteiger partial charge >= 0.3 is 0 Å². The number of fused-ring (bicyclic) bond motifs is 2. The van der Waals surface area contributed by atoms with Crippen molar-refractivity contribution in [1.29, 1.82) is 0 Å². The van der Waals surface area contributed by atoms with Crippen LogP contribution in [0.15, 0.2) is 47.4 Å². The van der Waals surface area contributed by atoms with Crippen LogP contribution in [0, 0.1) is 0 Å². The lowest BCUT2D eigenvalue weighted by Gasteiger charge is -2.43. The van der Waals surface area contributed by atoms with Gasteiger partial charge in [-0.2, -0.15) is 4.31 Å². The number of aliphatic hydroxyl groups excluding tert-OH is 1. The Hall–Kier alpha value is -2.21. The SMILES string of the molecule is O=C1NC2(CCOc3cc(C4CCOCC4)ccc3S(=O)(=O)N3C[C@H](O)C[C@@H]13)CCN(Cc1ccccc1Cl)CC2. The molecule has 222 valence electrons. The maximum absolute atomic E-state index is 13.9. The van der Waals surface area contributed by atoms with E-state index in [1.165, 1.54) is 0 Å². The van der Waals surface area contributed by atoms with Gasteiger partial charge in [0.05, 0.1) is 12.7 Å². The second kappa shape index (κ2) is 11.8. The van der Waals surface area contributed by atoms with E-state index in [9.17, 15) is 18.3 Å². The van der Waals surface area contributed by atoms with Crippen LogP contribution in [0.25, 0.3) is 0 Å². The number of carbonyl (C=O) groups excluding carboxylic acids is 1. The van der Waals surface area contributed by atoms with Gasteiger partial charge in [-0.3, -0.25) is 9.69 Å². The number of nitrogens with zero attached hydrogens (tertiary/aromatic N) is 2. The highest BCUT2D eigenvalue weighted by Gasteiger charge is 2.47. The number of sulfonamides is 1. The normalized spacial score (nSPS) is 27.3. The first-order chi connectivity index (χ1) is 19.7. The fourth-order valence-corrected chi connectivity index (χ4v) is 8.64. The van der Waals surface area contributed by atoms with Crippen molar-refractivity contribution in [2.24, 2.45) is 0 Å². The average molecular weight is 604 g/mol. The van der Waals surface area contributed by atoms with E-state index in [1.54, 1.807) is 6.07 Å². The number of halogens is 1. The number of ether oxygens (including phenoxy) is 2. The smallest absolute Gasteiger partial charge is 0.247 e. The molecule has 11 heteroatoms. The van der Waals surface area contributed by atoms with Crippen LogP contribution in [0.3, 0.4) is 0 Å². The third-order valence-corrected chi connectivity index (χ3v) is 11.5. The van der Waals surface area contributed by atoms with Crippen molar-refractivity contribution in [3.8, 4) is 5.75 Å². The first-order valence-electron chi connectivity index (χ1n) is 14.6.